The molecule has 0 heterocycles. The SMILES string of the molecule is N#CC(C(=O)c1cc(Cl)ccc1Cl)c1ccccc1Br. The highest BCUT2D eigenvalue weighted by Crippen LogP contribution is 2.30. The van der Waals surface area contributed by atoms with Gasteiger partial charge in [-0.2, -0.15) is 5.26 Å². The van der Waals surface area contributed by atoms with E-state index < -0.39 is 5.92 Å². The van der Waals surface area contributed by atoms with E-state index in [1.165, 1.54) is 6.07 Å². The standard InChI is InChI=1S/C15H8BrCl2NO/c16-13-4-2-1-3-10(13)12(8-19)15(20)11-7-9(17)5-6-14(11)18/h1-7,12H. The molecule has 0 spiro atoms. The molecule has 0 aliphatic carbocycles. The second kappa shape index (κ2) is 6.41. The molecule has 1 atom stereocenters. The molecule has 1 unspecified atom stereocenters. The summed E-state index contributed by atoms with van der Waals surface area (Å²) in [5, 5.41) is 10.0. The third kappa shape index (κ3) is 3.04. The van der Waals surface area contributed by atoms with E-state index >= 15 is 0 Å². The molecule has 0 aliphatic heterocycles. The number of carbonyl (C=O) groups excluding carboxylic acids is 1. The molecule has 0 saturated heterocycles. The number of nitrogens with zero attached hydrogens (tertiary/aromatic N) is 1. The number of ketones is 1. The van der Waals surface area contributed by atoms with Crippen molar-refractivity contribution in [3.63, 3.8) is 0 Å². The fourth-order valence-electron chi connectivity index (χ4n) is 1.82. The van der Waals surface area contributed by atoms with Gasteiger partial charge in [-0.15, -0.1) is 0 Å². The first-order valence-electron chi connectivity index (χ1n) is 5.68. The van der Waals surface area contributed by atoms with Gasteiger partial charge in [0.1, 0.15) is 5.92 Å². The molecule has 0 fully saturated rings. The minimum Gasteiger partial charge on any atom is -0.292 e. The van der Waals surface area contributed by atoms with E-state index in [4.69, 9.17) is 23.2 Å². The Balaban J connectivity index is 2.48. The molecule has 100 valence electrons. The summed E-state index contributed by atoms with van der Waals surface area (Å²) >= 11 is 15.3. The van der Waals surface area contributed by atoms with Crippen LogP contribution in [0.5, 0.6) is 0 Å². The number of hydrogen-bond acceptors (Lipinski definition) is 2. The Morgan fingerprint density at radius 1 is 1.20 bits per heavy atom. The number of hydrogen-bond donors (Lipinski definition) is 0. The van der Waals surface area contributed by atoms with E-state index in [0.717, 1.165) is 0 Å². The second-order valence-electron chi connectivity index (χ2n) is 4.07. The Bertz CT molecular complexity index is 709. The predicted molar refractivity (Wildman–Crippen MR) is 83.3 cm³/mol. The van der Waals surface area contributed by atoms with E-state index in [9.17, 15) is 10.1 Å². The normalized spacial score (nSPS) is 11.7. The molecule has 0 amide bonds. The monoisotopic (exact) mass is 367 g/mol. The van der Waals surface area contributed by atoms with E-state index in [1.807, 2.05) is 12.1 Å². The molecule has 20 heavy (non-hydrogen) atoms. The molecule has 2 nitrogen and oxygen atoms in total. The van der Waals surface area contributed by atoms with Gasteiger partial charge >= 0.3 is 0 Å². The van der Waals surface area contributed by atoms with Crippen molar-refractivity contribution in [2.75, 3.05) is 0 Å². The lowest BCUT2D eigenvalue weighted by atomic mass is 9.92. The molecule has 0 bridgehead atoms. The molecule has 0 N–H and O–H groups in total. The van der Waals surface area contributed by atoms with Crippen LogP contribution in [-0.2, 0) is 0 Å². The van der Waals surface area contributed by atoms with Crippen molar-refractivity contribution >= 4 is 44.9 Å². The van der Waals surface area contributed by atoms with Crippen LogP contribution in [0.15, 0.2) is 46.9 Å². The molecule has 5 heteroatoms. The first kappa shape index (κ1) is 15.1. The van der Waals surface area contributed by atoms with Crippen molar-refractivity contribution in [1.29, 1.82) is 5.26 Å². The smallest absolute Gasteiger partial charge is 0.186 e. The van der Waals surface area contributed by atoms with Crippen LogP contribution < -0.4 is 0 Å². The van der Waals surface area contributed by atoms with Crippen LogP contribution in [0.25, 0.3) is 0 Å². The first-order valence-corrected chi connectivity index (χ1v) is 7.23. The van der Waals surface area contributed by atoms with Crippen LogP contribution in [0.1, 0.15) is 21.8 Å². The van der Waals surface area contributed by atoms with Gasteiger partial charge in [-0.1, -0.05) is 57.3 Å². The van der Waals surface area contributed by atoms with Gasteiger partial charge < -0.3 is 0 Å². The number of carbonyl (C=O) groups is 1. The van der Waals surface area contributed by atoms with E-state index in [1.54, 1.807) is 30.3 Å². The number of Topliss-reactive ketones (excluding diaryl/α,β-unsaturated/α-hetero) is 1. The lowest BCUT2D eigenvalue weighted by Gasteiger charge is -2.11. The van der Waals surface area contributed by atoms with Gasteiger partial charge in [0, 0.05) is 15.1 Å². The average Bonchev–Trinajstić information content (AvgIpc) is 2.44. The molecule has 0 aliphatic rings. The maximum atomic E-state index is 12.5. The predicted octanol–water partition coefficient (Wildman–Crippen LogP) is 5.25. The van der Waals surface area contributed by atoms with E-state index in [0.29, 0.717) is 15.1 Å². The van der Waals surface area contributed by atoms with Crippen LogP contribution in [0.3, 0.4) is 0 Å². The quantitative estimate of drug-likeness (QED) is 0.694. The average molecular weight is 369 g/mol. The fourth-order valence-corrected chi connectivity index (χ4v) is 2.72. The number of halogens is 3. The first-order chi connectivity index (χ1) is 9.54. The summed E-state index contributed by atoms with van der Waals surface area (Å²) < 4.78 is 0.707. The number of rotatable bonds is 3. The fraction of sp³-hybridized carbons (Fsp3) is 0.0667. The van der Waals surface area contributed by atoms with Gasteiger partial charge in [0.05, 0.1) is 11.1 Å². The molecule has 2 aromatic carbocycles. The van der Waals surface area contributed by atoms with Crippen LogP contribution in [0, 0.1) is 11.3 Å². The Hall–Kier alpha value is -1.34. The molecule has 2 rings (SSSR count). The minimum absolute atomic E-state index is 0.251. The van der Waals surface area contributed by atoms with Gasteiger partial charge in [0.25, 0.3) is 0 Å². The molecule has 0 saturated carbocycles. The van der Waals surface area contributed by atoms with Crippen molar-refractivity contribution in [3.8, 4) is 6.07 Å². The van der Waals surface area contributed by atoms with Crippen LogP contribution in [-0.4, -0.2) is 5.78 Å². The van der Waals surface area contributed by atoms with Crippen molar-refractivity contribution in [2.45, 2.75) is 5.92 Å². The Morgan fingerprint density at radius 2 is 1.90 bits per heavy atom. The van der Waals surface area contributed by atoms with Gasteiger partial charge in [-0.25, -0.2) is 0 Å². The lowest BCUT2D eigenvalue weighted by Crippen LogP contribution is -2.12. The van der Waals surface area contributed by atoms with Crippen LogP contribution in [0.4, 0.5) is 0 Å². The largest absolute Gasteiger partial charge is 0.292 e. The third-order valence-electron chi connectivity index (χ3n) is 2.80. The van der Waals surface area contributed by atoms with Gasteiger partial charge in [0.2, 0.25) is 0 Å². The molecule has 2 aromatic rings. The van der Waals surface area contributed by atoms with Crippen LogP contribution >= 0.6 is 39.1 Å². The summed E-state index contributed by atoms with van der Waals surface area (Å²) in [7, 11) is 0. The number of nitriles is 1. The highest BCUT2D eigenvalue weighted by atomic mass is 79.9. The zero-order valence-electron chi connectivity index (χ0n) is 10.1. The Kier molecular flexibility index (Phi) is 4.82. The topological polar surface area (TPSA) is 40.9 Å². The van der Waals surface area contributed by atoms with Crippen molar-refractivity contribution in [2.24, 2.45) is 0 Å². The van der Waals surface area contributed by atoms with E-state index in [2.05, 4.69) is 15.9 Å². The summed E-state index contributed by atoms with van der Waals surface area (Å²) in [6.07, 6.45) is 0. The Morgan fingerprint density at radius 3 is 2.55 bits per heavy atom. The number of benzene rings is 2. The van der Waals surface area contributed by atoms with Gasteiger partial charge in [-0.05, 0) is 29.8 Å². The lowest BCUT2D eigenvalue weighted by molar-refractivity contribution is 0.0979. The highest BCUT2D eigenvalue weighted by molar-refractivity contribution is 9.10. The Labute approximate surface area is 135 Å². The van der Waals surface area contributed by atoms with Gasteiger partial charge in [-0.3, -0.25) is 4.79 Å². The molecular formula is C15H8BrCl2NO. The minimum atomic E-state index is -0.929. The summed E-state index contributed by atoms with van der Waals surface area (Å²) in [4.78, 5) is 12.5. The third-order valence-corrected chi connectivity index (χ3v) is 4.09. The highest BCUT2D eigenvalue weighted by Gasteiger charge is 2.25. The summed E-state index contributed by atoms with van der Waals surface area (Å²) in [6, 6.07) is 13.8. The maximum absolute atomic E-state index is 12.5. The molecule has 0 radical (unpaired) electrons. The second-order valence-corrected chi connectivity index (χ2v) is 5.77. The molecule has 0 aromatic heterocycles. The van der Waals surface area contributed by atoms with E-state index in [-0.39, 0.29) is 16.4 Å². The summed E-state index contributed by atoms with van der Waals surface area (Å²) in [5.41, 5.74) is 0.859. The van der Waals surface area contributed by atoms with Crippen molar-refractivity contribution in [1.82, 2.24) is 0 Å². The van der Waals surface area contributed by atoms with Gasteiger partial charge in [0.15, 0.2) is 5.78 Å². The summed E-state index contributed by atoms with van der Waals surface area (Å²) in [5.74, 6) is -1.30. The maximum Gasteiger partial charge on any atom is 0.186 e. The van der Waals surface area contributed by atoms with Crippen LogP contribution in [0.2, 0.25) is 10.0 Å². The molecular weight excluding hydrogens is 361 g/mol. The zero-order chi connectivity index (χ0) is 14.7. The zero-order valence-corrected chi connectivity index (χ0v) is 13.2. The summed E-state index contributed by atoms with van der Waals surface area (Å²) in [6.45, 7) is 0. The van der Waals surface area contributed by atoms with Crippen molar-refractivity contribution < 1.29 is 4.79 Å². The van der Waals surface area contributed by atoms with Crippen molar-refractivity contribution in [3.05, 3.63) is 68.1 Å².